The van der Waals surface area contributed by atoms with Gasteiger partial charge in [-0.15, -0.1) is 0 Å². The van der Waals surface area contributed by atoms with Crippen LogP contribution in [0.15, 0.2) is 30.3 Å². The van der Waals surface area contributed by atoms with Gasteiger partial charge in [0.05, 0.1) is 5.75 Å². The molecule has 1 saturated heterocycles. The van der Waals surface area contributed by atoms with Crippen molar-refractivity contribution in [3.63, 3.8) is 0 Å². The maximum atomic E-state index is 12.7. The molecule has 1 aliphatic heterocycles. The van der Waals surface area contributed by atoms with E-state index < -0.39 is 22.2 Å². The van der Waals surface area contributed by atoms with E-state index in [9.17, 15) is 18.0 Å². The van der Waals surface area contributed by atoms with Gasteiger partial charge in [0.15, 0.2) is 0 Å². The van der Waals surface area contributed by atoms with Crippen LogP contribution in [-0.2, 0) is 26.2 Å². The zero-order chi connectivity index (χ0) is 21.4. The van der Waals surface area contributed by atoms with Crippen molar-refractivity contribution in [3.05, 3.63) is 35.9 Å². The molecule has 1 atom stereocenters. The summed E-state index contributed by atoms with van der Waals surface area (Å²) in [5, 5.41) is 5.58. The quantitative estimate of drug-likeness (QED) is 0.662. The van der Waals surface area contributed by atoms with Crippen LogP contribution >= 0.6 is 0 Å². The molecule has 0 bridgehead atoms. The highest BCUT2D eigenvalue weighted by atomic mass is 32.2. The maximum Gasteiger partial charge on any atom is 0.408 e. The van der Waals surface area contributed by atoms with Gasteiger partial charge >= 0.3 is 6.09 Å². The molecule has 29 heavy (non-hydrogen) atoms. The van der Waals surface area contributed by atoms with E-state index in [1.807, 2.05) is 44.2 Å². The van der Waals surface area contributed by atoms with Crippen LogP contribution in [0.4, 0.5) is 4.79 Å². The van der Waals surface area contributed by atoms with Crippen LogP contribution in [0.2, 0.25) is 0 Å². The van der Waals surface area contributed by atoms with E-state index in [2.05, 4.69) is 10.6 Å². The van der Waals surface area contributed by atoms with Crippen molar-refractivity contribution in [2.24, 2.45) is 5.92 Å². The molecule has 0 aromatic heterocycles. The molecular weight excluding hydrogens is 394 g/mol. The van der Waals surface area contributed by atoms with Gasteiger partial charge in [-0.05, 0) is 31.2 Å². The number of amides is 2. The minimum atomic E-state index is -3.20. The molecule has 0 saturated carbocycles. The lowest BCUT2D eigenvalue weighted by Gasteiger charge is -2.32. The van der Waals surface area contributed by atoms with Crippen LogP contribution in [0.5, 0.6) is 0 Å². The number of nitrogens with one attached hydrogen (secondary N) is 2. The van der Waals surface area contributed by atoms with Gasteiger partial charge in [-0.1, -0.05) is 44.2 Å². The summed E-state index contributed by atoms with van der Waals surface area (Å²) in [6, 6.07) is 8.46. The highest BCUT2D eigenvalue weighted by Gasteiger charge is 2.30. The van der Waals surface area contributed by atoms with Crippen molar-refractivity contribution in [1.82, 2.24) is 14.9 Å². The third kappa shape index (κ3) is 7.01. The molecule has 0 radical (unpaired) electrons. The Morgan fingerprint density at radius 2 is 1.79 bits per heavy atom. The number of ether oxygens (including phenoxy) is 1. The Kier molecular flexibility index (Phi) is 8.45. The van der Waals surface area contributed by atoms with Gasteiger partial charge in [0.25, 0.3) is 0 Å². The molecule has 2 N–H and O–H groups in total. The molecule has 1 fully saturated rings. The number of sulfonamides is 1. The Bertz CT molecular complexity index is 775. The zero-order valence-corrected chi connectivity index (χ0v) is 18.1. The highest BCUT2D eigenvalue weighted by Crippen LogP contribution is 2.15. The monoisotopic (exact) mass is 425 g/mol. The Morgan fingerprint density at radius 1 is 1.17 bits per heavy atom. The predicted octanol–water partition coefficient (Wildman–Crippen LogP) is 1.87. The summed E-state index contributed by atoms with van der Waals surface area (Å²) >= 11 is 0. The summed E-state index contributed by atoms with van der Waals surface area (Å²) in [7, 11) is -3.20. The number of carbonyl (C=O) groups excluding carboxylic acids is 2. The fourth-order valence-corrected chi connectivity index (χ4v) is 4.31. The smallest absolute Gasteiger partial charge is 0.408 e. The van der Waals surface area contributed by atoms with Gasteiger partial charge in [-0.25, -0.2) is 17.5 Å². The molecular formula is C20H31N3O5S. The highest BCUT2D eigenvalue weighted by molar-refractivity contribution is 7.89. The van der Waals surface area contributed by atoms with Crippen LogP contribution in [0.25, 0.3) is 0 Å². The standard InChI is InChI=1S/C20H31N3O5S/c1-4-29(26,27)23-12-10-17(11-13-23)21-19(24)18(15(2)3)22-20(25)28-14-16-8-6-5-7-9-16/h5-9,15,17-18H,4,10-14H2,1-3H3,(H,21,24)(H,22,25). The van der Waals surface area contributed by atoms with E-state index in [1.54, 1.807) is 6.92 Å². The summed E-state index contributed by atoms with van der Waals surface area (Å²) in [4.78, 5) is 24.8. The SMILES string of the molecule is CCS(=O)(=O)N1CCC(NC(=O)C(NC(=O)OCc2ccccc2)C(C)C)CC1. The van der Waals surface area contributed by atoms with Gasteiger partial charge in [0.1, 0.15) is 12.6 Å². The number of hydrogen-bond donors (Lipinski definition) is 2. The molecule has 1 unspecified atom stereocenters. The largest absolute Gasteiger partial charge is 0.445 e. The third-order valence-electron chi connectivity index (χ3n) is 4.99. The number of alkyl carbamates (subject to hydrolysis) is 1. The van der Waals surface area contributed by atoms with Crippen molar-refractivity contribution >= 4 is 22.0 Å². The summed E-state index contributed by atoms with van der Waals surface area (Å²) in [6.07, 6.45) is 0.453. The zero-order valence-electron chi connectivity index (χ0n) is 17.3. The summed E-state index contributed by atoms with van der Waals surface area (Å²) in [5.74, 6) is -0.331. The molecule has 1 aromatic rings. The average Bonchev–Trinajstić information content (AvgIpc) is 2.71. The summed E-state index contributed by atoms with van der Waals surface area (Å²) < 4.78 is 30.6. The molecule has 162 valence electrons. The van der Waals surface area contributed by atoms with Crippen molar-refractivity contribution in [1.29, 1.82) is 0 Å². The fraction of sp³-hybridized carbons (Fsp3) is 0.600. The second-order valence-corrected chi connectivity index (χ2v) is 9.77. The molecule has 1 heterocycles. The Hall–Kier alpha value is -2.13. The first-order chi connectivity index (χ1) is 13.7. The first-order valence-electron chi connectivity index (χ1n) is 9.98. The molecule has 8 nitrogen and oxygen atoms in total. The topological polar surface area (TPSA) is 105 Å². The normalized spacial score (nSPS) is 17.0. The molecule has 2 rings (SSSR count). The van der Waals surface area contributed by atoms with E-state index >= 15 is 0 Å². The first-order valence-corrected chi connectivity index (χ1v) is 11.6. The van der Waals surface area contributed by atoms with Gasteiger partial charge in [0, 0.05) is 19.1 Å². The average molecular weight is 426 g/mol. The van der Waals surface area contributed by atoms with Crippen molar-refractivity contribution < 1.29 is 22.7 Å². The van der Waals surface area contributed by atoms with E-state index in [0.717, 1.165) is 5.56 Å². The van der Waals surface area contributed by atoms with Gasteiger partial charge in [0.2, 0.25) is 15.9 Å². The number of piperidine rings is 1. The number of carbonyl (C=O) groups is 2. The predicted molar refractivity (Wildman–Crippen MR) is 111 cm³/mol. The molecule has 1 aromatic carbocycles. The molecule has 1 aliphatic rings. The molecule has 0 aliphatic carbocycles. The fourth-order valence-electron chi connectivity index (χ4n) is 3.18. The minimum Gasteiger partial charge on any atom is -0.445 e. The number of rotatable bonds is 8. The number of hydrogen-bond acceptors (Lipinski definition) is 5. The van der Waals surface area contributed by atoms with Crippen LogP contribution < -0.4 is 10.6 Å². The third-order valence-corrected chi connectivity index (χ3v) is 6.88. The second-order valence-electron chi connectivity index (χ2n) is 7.51. The molecule has 0 spiro atoms. The Labute approximate surface area is 173 Å². The second kappa shape index (κ2) is 10.6. The summed E-state index contributed by atoms with van der Waals surface area (Å²) in [6.45, 7) is 6.22. The Balaban J connectivity index is 1.84. The lowest BCUT2D eigenvalue weighted by molar-refractivity contribution is -0.125. The van der Waals surface area contributed by atoms with E-state index in [1.165, 1.54) is 4.31 Å². The lowest BCUT2D eigenvalue weighted by atomic mass is 10.0. The van der Waals surface area contributed by atoms with E-state index in [-0.39, 0.29) is 30.2 Å². The minimum absolute atomic E-state index is 0.0778. The Morgan fingerprint density at radius 3 is 2.34 bits per heavy atom. The number of benzene rings is 1. The van der Waals surface area contributed by atoms with Crippen LogP contribution in [0.1, 0.15) is 39.2 Å². The first kappa shape index (κ1) is 23.2. The molecule has 9 heteroatoms. The van der Waals surface area contributed by atoms with Crippen LogP contribution in [0, 0.1) is 5.92 Å². The number of nitrogens with zero attached hydrogens (tertiary/aromatic N) is 1. The van der Waals surface area contributed by atoms with Crippen molar-refractivity contribution in [2.45, 2.75) is 52.3 Å². The lowest BCUT2D eigenvalue weighted by Crippen LogP contribution is -2.54. The van der Waals surface area contributed by atoms with Crippen molar-refractivity contribution in [3.8, 4) is 0 Å². The molecule has 2 amide bonds. The van der Waals surface area contributed by atoms with Crippen LogP contribution in [-0.4, -0.2) is 55.6 Å². The van der Waals surface area contributed by atoms with Crippen LogP contribution in [0.3, 0.4) is 0 Å². The van der Waals surface area contributed by atoms with E-state index in [0.29, 0.717) is 25.9 Å². The maximum absolute atomic E-state index is 12.7. The van der Waals surface area contributed by atoms with Gasteiger partial charge in [-0.2, -0.15) is 0 Å². The summed E-state index contributed by atoms with van der Waals surface area (Å²) in [5.41, 5.74) is 0.863. The van der Waals surface area contributed by atoms with Gasteiger partial charge < -0.3 is 15.4 Å². The van der Waals surface area contributed by atoms with Gasteiger partial charge in [-0.3, -0.25) is 4.79 Å². The van der Waals surface area contributed by atoms with E-state index in [4.69, 9.17) is 4.74 Å². The van der Waals surface area contributed by atoms with Crippen molar-refractivity contribution in [2.75, 3.05) is 18.8 Å².